The number of aliphatic hydroxyl groups excluding tert-OH is 3. The van der Waals surface area contributed by atoms with E-state index in [1.807, 2.05) is 30.3 Å². The van der Waals surface area contributed by atoms with Crippen LogP contribution in [-0.2, 0) is 9.47 Å². The number of para-hydroxylation sites is 2. The lowest BCUT2D eigenvalue weighted by molar-refractivity contribution is -0.249. The van der Waals surface area contributed by atoms with Crippen LogP contribution in [0.1, 0.15) is 16.6 Å². The van der Waals surface area contributed by atoms with E-state index < -0.39 is 43.2 Å². The van der Waals surface area contributed by atoms with Gasteiger partial charge in [0.25, 0.3) is 0 Å². The van der Waals surface area contributed by atoms with E-state index in [1.54, 1.807) is 29.0 Å². The number of esters is 1. The molecule has 0 spiro atoms. The monoisotopic (exact) mass is 398 g/mol. The van der Waals surface area contributed by atoms with Crippen LogP contribution in [0.5, 0.6) is 0 Å². The Morgan fingerprint density at radius 2 is 1.79 bits per heavy atom. The summed E-state index contributed by atoms with van der Waals surface area (Å²) in [5.41, 5.74) is 7.03. The summed E-state index contributed by atoms with van der Waals surface area (Å²) in [7, 11) is 0. The van der Waals surface area contributed by atoms with Gasteiger partial charge in [0.2, 0.25) is 0 Å². The lowest BCUT2D eigenvalue weighted by Gasteiger charge is -2.42. The molecule has 2 heterocycles. The Labute approximate surface area is 166 Å². The number of carbonyl (C=O) groups is 1. The molecule has 8 nitrogen and oxygen atoms in total. The maximum Gasteiger partial charge on any atom is 0.340 e. The maximum absolute atomic E-state index is 12.7. The molecule has 5 atom stereocenters. The summed E-state index contributed by atoms with van der Waals surface area (Å²) < 4.78 is 13.1. The lowest BCUT2D eigenvalue weighted by Crippen LogP contribution is -2.57. The summed E-state index contributed by atoms with van der Waals surface area (Å²) in [6.45, 7) is -0.500. The van der Waals surface area contributed by atoms with Crippen molar-refractivity contribution in [1.29, 1.82) is 0 Å². The zero-order valence-corrected chi connectivity index (χ0v) is 15.5. The maximum atomic E-state index is 12.7. The summed E-state index contributed by atoms with van der Waals surface area (Å²) in [6, 6.07) is 15.8. The number of nitrogens with zero attached hydrogens (tertiary/aromatic N) is 1. The van der Waals surface area contributed by atoms with Crippen molar-refractivity contribution in [1.82, 2.24) is 4.57 Å². The van der Waals surface area contributed by atoms with Crippen molar-refractivity contribution in [2.75, 3.05) is 12.3 Å². The highest BCUT2D eigenvalue weighted by Crippen LogP contribution is 2.34. The Bertz CT molecular complexity index is 1020. The van der Waals surface area contributed by atoms with Crippen LogP contribution in [-0.4, -0.2) is 56.9 Å². The summed E-state index contributed by atoms with van der Waals surface area (Å²) >= 11 is 0. The molecule has 3 aromatic rings. The van der Waals surface area contributed by atoms with Crippen LogP contribution < -0.4 is 5.73 Å². The third-order valence-electron chi connectivity index (χ3n) is 5.17. The van der Waals surface area contributed by atoms with Crippen molar-refractivity contribution in [3.8, 4) is 0 Å². The number of hydrogen-bond donors (Lipinski definition) is 4. The number of nitrogen functional groups attached to an aromatic ring is 1. The Morgan fingerprint density at radius 1 is 1.07 bits per heavy atom. The number of nitrogens with two attached hydrogens (primary N) is 1. The second-order valence-corrected chi connectivity index (χ2v) is 6.97. The molecule has 1 aliphatic heterocycles. The van der Waals surface area contributed by atoms with Crippen LogP contribution in [0.15, 0.2) is 60.8 Å². The third kappa shape index (κ3) is 3.47. The van der Waals surface area contributed by atoms with E-state index in [4.69, 9.17) is 15.2 Å². The van der Waals surface area contributed by atoms with E-state index in [0.29, 0.717) is 0 Å². The van der Waals surface area contributed by atoms with Crippen LogP contribution in [0.25, 0.3) is 10.9 Å². The normalized spacial score (nSPS) is 27.1. The van der Waals surface area contributed by atoms with Gasteiger partial charge in [-0.3, -0.25) is 0 Å². The quantitative estimate of drug-likeness (QED) is 0.382. The van der Waals surface area contributed by atoms with Crippen molar-refractivity contribution in [3.05, 3.63) is 66.4 Å². The van der Waals surface area contributed by atoms with Gasteiger partial charge >= 0.3 is 5.97 Å². The molecule has 0 radical (unpaired) electrons. The van der Waals surface area contributed by atoms with Gasteiger partial charge in [-0.2, -0.15) is 0 Å². The van der Waals surface area contributed by atoms with Crippen LogP contribution in [0, 0.1) is 0 Å². The topological polar surface area (TPSA) is 127 Å². The smallest absolute Gasteiger partial charge is 0.340 e. The molecule has 0 aliphatic carbocycles. The highest BCUT2D eigenvalue weighted by atomic mass is 16.6. The number of aliphatic hydroxyl groups is 3. The van der Waals surface area contributed by atoms with Gasteiger partial charge in [0, 0.05) is 11.9 Å². The summed E-state index contributed by atoms with van der Waals surface area (Å²) in [5.74, 6) is -0.744. The van der Waals surface area contributed by atoms with Gasteiger partial charge in [0.05, 0.1) is 17.7 Å². The third-order valence-corrected chi connectivity index (χ3v) is 5.17. The van der Waals surface area contributed by atoms with Gasteiger partial charge < -0.3 is 35.1 Å². The Hall–Kier alpha value is -2.91. The lowest BCUT2D eigenvalue weighted by atomic mass is 9.97. The average molecular weight is 398 g/mol. The van der Waals surface area contributed by atoms with Crippen LogP contribution in [0.4, 0.5) is 5.69 Å². The highest BCUT2D eigenvalue weighted by molar-refractivity contribution is 5.95. The summed E-state index contributed by atoms with van der Waals surface area (Å²) in [5, 5.41) is 31.5. The zero-order valence-electron chi connectivity index (χ0n) is 15.5. The number of anilines is 1. The Kier molecular flexibility index (Phi) is 5.25. The van der Waals surface area contributed by atoms with E-state index in [2.05, 4.69) is 0 Å². The molecule has 1 fully saturated rings. The van der Waals surface area contributed by atoms with Crippen LogP contribution >= 0.6 is 0 Å². The summed E-state index contributed by atoms with van der Waals surface area (Å²) in [6.07, 6.45) is -4.38. The first kappa shape index (κ1) is 19.4. The molecule has 1 aromatic heterocycles. The Morgan fingerprint density at radius 3 is 2.55 bits per heavy atom. The molecule has 2 aromatic carbocycles. The predicted octanol–water partition coefficient (Wildman–Crippen LogP) is 1.06. The fourth-order valence-corrected chi connectivity index (χ4v) is 3.62. The molecule has 1 aliphatic rings. The SMILES string of the molecule is Nc1ccccc1C(=O)OC1C(O)C(O)C(CO)OC1n1ccc2ccccc21. The van der Waals surface area contributed by atoms with Crippen molar-refractivity contribution in [3.63, 3.8) is 0 Å². The number of ether oxygens (including phenoxy) is 2. The van der Waals surface area contributed by atoms with Gasteiger partial charge in [-0.15, -0.1) is 0 Å². The van der Waals surface area contributed by atoms with E-state index >= 15 is 0 Å². The number of aromatic nitrogens is 1. The fourth-order valence-electron chi connectivity index (χ4n) is 3.62. The molecule has 5 N–H and O–H groups in total. The molecule has 8 heteroatoms. The first-order chi connectivity index (χ1) is 14.0. The van der Waals surface area contributed by atoms with E-state index in [9.17, 15) is 20.1 Å². The summed E-state index contributed by atoms with van der Waals surface area (Å²) in [4.78, 5) is 12.7. The fraction of sp³-hybridized carbons (Fsp3) is 0.286. The van der Waals surface area contributed by atoms with Gasteiger partial charge in [0.1, 0.15) is 18.3 Å². The van der Waals surface area contributed by atoms with Gasteiger partial charge in [-0.1, -0.05) is 30.3 Å². The van der Waals surface area contributed by atoms with Crippen molar-refractivity contribution in [2.45, 2.75) is 30.6 Å². The Balaban J connectivity index is 1.71. The van der Waals surface area contributed by atoms with Crippen molar-refractivity contribution in [2.24, 2.45) is 0 Å². The van der Waals surface area contributed by atoms with Gasteiger partial charge in [-0.05, 0) is 29.7 Å². The zero-order chi connectivity index (χ0) is 20.5. The second kappa shape index (κ2) is 7.84. The minimum absolute atomic E-state index is 0.148. The molecule has 0 bridgehead atoms. The predicted molar refractivity (Wildman–Crippen MR) is 105 cm³/mol. The molecule has 152 valence electrons. The number of rotatable bonds is 4. The largest absolute Gasteiger partial charge is 0.451 e. The number of benzene rings is 2. The van der Waals surface area contributed by atoms with Crippen LogP contribution in [0.2, 0.25) is 0 Å². The molecule has 1 saturated heterocycles. The molecule has 5 unspecified atom stereocenters. The van der Waals surface area contributed by atoms with E-state index in [-0.39, 0.29) is 11.3 Å². The number of hydrogen-bond acceptors (Lipinski definition) is 7. The van der Waals surface area contributed by atoms with Crippen molar-refractivity contribution >= 4 is 22.6 Å². The highest BCUT2D eigenvalue weighted by Gasteiger charge is 2.47. The minimum atomic E-state index is -1.47. The number of carbonyl (C=O) groups excluding carboxylic acids is 1. The first-order valence-corrected chi connectivity index (χ1v) is 9.24. The van der Waals surface area contributed by atoms with Crippen LogP contribution in [0.3, 0.4) is 0 Å². The van der Waals surface area contributed by atoms with Crippen molar-refractivity contribution < 1.29 is 29.6 Å². The average Bonchev–Trinajstić information content (AvgIpc) is 3.16. The molecule has 0 amide bonds. The van der Waals surface area contributed by atoms with Gasteiger partial charge in [0.15, 0.2) is 12.3 Å². The van der Waals surface area contributed by atoms with E-state index in [1.165, 1.54) is 6.07 Å². The second-order valence-electron chi connectivity index (χ2n) is 6.97. The molecular weight excluding hydrogens is 376 g/mol. The molecular formula is C21H22N2O6. The first-order valence-electron chi connectivity index (χ1n) is 9.24. The van der Waals surface area contributed by atoms with E-state index in [0.717, 1.165) is 10.9 Å². The van der Waals surface area contributed by atoms with Gasteiger partial charge in [-0.25, -0.2) is 4.79 Å². The molecule has 4 rings (SSSR count). The molecule has 29 heavy (non-hydrogen) atoms. The standard InChI is InChI=1S/C21H22N2O6/c22-14-7-3-2-6-13(14)21(27)29-19-18(26)17(25)16(11-24)28-20(19)23-10-9-12-5-1-4-8-15(12)23/h1-10,16-20,24-26H,11,22H2. The minimum Gasteiger partial charge on any atom is -0.451 e. The molecule has 0 saturated carbocycles. The number of fused-ring (bicyclic) bond motifs is 1.